The molecule has 0 amide bonds. The minimum absolute atomic E-state index is 0.0666. The van der Waals surface area contributed by atoms with Crippen LogP contribution in [-0.2, 0) is 29.0 Å². The fraction of sp³-hybridized carbons (Fsp3) is 0.525. The van der Waals surface area contributed by atoms with Crippen LogP contribution in [0.5, 0.6) is 11.5 Å². The number of hydrogen-bond donors (Lipinski definition) is 0. The zero-order valence-electron chi connectivity index (χ0n) is 29.1. The molecular weight excluding hydrogens is 614 g/mol. The van der Waals surface area contributed by atoms with E-state index in [4.69, 9.17) is 28.1 Å². The molecule has 9 heteroatoms. The van der Waals surface area contributed by atoms with Crippen molar-refractivity contribution in [2.24, 2.45) is 34.5 Å². The molecule has 13 rings (SSSR count). The highest BCUT2D eigenvalue weighted by Gasteiger charge is 2.69. The van der Waals surface area contributed by atoms with E-state index in [1.807, 2.05) is 60.7 Å². The molecule has 3 aromatic carbocycles. The standard InChI is InChI=1S/C40H42B2O7/c1-36(2)21-15-31(36)38(5)33(17-21)46-41(48-38)23-11-13-27-29(19-23)44-30-20-24(42-47-34-18-22-16-32(37(22,3)4)39(34,6)49-42)12-14-28(30)40(27)26-10-8-7-9-25(26)35(43)45-40/h7-14,19-22,31-34H,15-18H2,1-6H3/t21-,22-,31-,32-,33?,34?,38-,39-,40?/m0/s1. The Bertz CT molecular complexity index is 1880. The van der Waals surface area contributed by atoms with Crippen LogP contribution in [0.25, 0.3) is 0 Å². The van der Waals surface area contributed by atoms with E-state index in [9.17, 15) is 4.79 Å². The Morgan fingerprint density at radius 1 is 0.633 bits per heavy atom. The summed E-state index contributed by atoms with van der Waals surface area (Å²) >= 11 is 0. The first-order valence-corrected chi connectivity index (χ1v) is 18.3. The van der Waals surface area contributed by atoms with Gasteiger partial charge in [0.2, 0.25) is 0 Å². The lowest BCUT2D eigenvalue weighted by molar-refractivity contribution is -0.199. The largest absolute Gasteiger partial charge is 0.494 e. The Kier molecular flexibility index (Phi) is 5.46. The van der Waals surface area contributed by atoms with Crippen LogP contribution in [0.1, 0.15) is 94.3 Å². The molecule has 0 radical (unpaired) electrons. The maximum absolute atomic E-state index is 13.5. The van der Waals surface area contributed by atoms with E-state index in [0.717, 1.165) is 40.5 Å². The molecule has 4 aliphatic heterocycles. The summed E-state index contributed by atoms with van der Waals surface area (Å²) in [5.74, 6) is 3.18. The van der Waals surface area contributed by atoms with Crippen molar-refractivity contribution in [3.05, 3.63) is 82.9 Å². The molecule has 7 nitrogen and oxygen atoms in total. The predicted octanol–water partition coefficient (Wildman–Crippen LogP) is 6.13. The van der Waals surface area contributed by atoms with Crippen LogP contribution in [0.15, 0.2) is 60.7 Å². The molecule has 250 valence electrons. The van der Waals surface area contributed by atoms with Crippen molar-refractivity contribution in [3.8, 4) is 11.5 Å². The van der Waals surface area contributed by atoms with Crippen LogP contribution in [-0.4, -0.2) is 43.6 Å². The summed E-state index contributed by atoms with van der Waals surface area (Å²) < 4.78 is 40.3. The lowest BCUT2D eigenvalue weighted by Crippen LogP contribution is -2.65. The van der Waals surface area contributed by atoms with Gasteiger partial charge in [0.1, 0.15) is 11.5 Å². The number of hydrogen-bond acceptors (Lipinski definition) is 7. The molecule has 6 saturated carbocycles. The van der Waals surface area contributed by atoms with Crippen LogP contribution in [0.2, 0.25) is 0 Å². The highest BCUT2D eigenvalue weighted by molar-refractivity contribution is 6.62. The highest BCUT2D eigenvalue weighted by Crippen LogP contribution is 2.67. The second-order valence-corrected chi connectivity index (χ2v) is 17.8. The number of carbonyl (C=O) groups excluding carboxylic acids is 1. The zero-order chi connectivity index (χ0) is 33.5. The Hall–Kier alpha value is -3.10. The average Bonchev–Trinajstić information content (AvgIpc) is 3.73. The van der Waals surface area contributed by atoms with Gasteiger partial charge in [0.05, 0.1) is 29.0 Å². The first-order valence-electron chi connectivity index (χ1n) is 18.3. The van der Waals surface area contributed by atoms with E-state index < -0.39 is 19.8 Å². The third-order valence-electron chi connectivity index (χ3n) is 15.2. The fourth-order valence-corrected chi connectivity index (χ4v) is 12.0. The molecule has 0 N–H and O–H groups in total. The van der Waals surface area contributed by atoms with Crippen molar-refractivity contribution in [1.29, 1.82) is 0 Å². The number of rotatable bonds is 2. The molecule has 2 unspecified atom stereocenters. The molecule has 3 aromatic rings. The zero-order valence-corrected chi connectivity index (χ0v) is 29.1. The number of fused-ring (bicyclic) bond motifs is 6. The maximum atomic E-state index is 13.5. The van der Waals surface area contributed by atoms with Gasteiger partial charge in [-0.15, -0.1) is 0 Å². The summed E-state index contributed by atoms with van der Waals surface area (Å²) in [7, 11) is -0.998. The Morgan fingerprint density at radius 2 is 1.14 bits per heavy atom. The summed E-state index contributed by atoms with van der Waals surface area (Å²) in [5, 5.41) is 0. The number of ether oxygens (including phenoxy) is 2. The summed E-state index contributed by atoms with van der Waals surface area (Å²) in [6.45, 7) is 14.0. The lowest BCUT2D eigenvalue weighted by atomic mass is 9.43. The summed E-state index contributed by atoms with van der Waals surface area (Å²) in [6.07, 6.45) is 4.57. The van der Waals surface area contributed by atoms with Crippen LogP contribution >= 0.6 is 0 Å². The first kappa shape index (κ1) is 29.6. The lowest BCUT2D eigenvalue weighted by Gasteiger charge is -2.64. The molecule has 4 heterocycles. The molecule has 2 saturated heterocycles. The highest BCUT2D eigenvalue weighted by atomic mass is 16.7. The Balaban J connectivity index is 0.989. The van der Waals surface area contributed by atoms with Gasteiger partial charge in [0.25, 0.3) is 0 Å². The maximum Gasteiger partial charge on any atom is 0.494 e. The second-order valence-electron chi connectivity index (χ2n) is 17.8. The van der Waals surface area contributed by atoms with Crippen molar-refractivity contribution in [3.63, 3.8) is 0 Å². The summed E-state index contributed by atoms with van der Waals surface area (Å²) in [6, 6.07) is 19.9. The van der Waals surface area contributed by atoms with Gasteiger partial charge in [-0.2, -0.15) is 0 Å². The van der Waals surface area contributed by atoms with Crippen LogP contribution in [0.3, 0.4) is 0 Å². The number of carbonyl (C=O) groups is 1. The monoisotopic (exact) mass is 656 g/mol. The number of benzene rings is 3. The van der Waals surface area contributed by atoms with Crippen molar-refractivity contribution in [1.82, 2.24) is 0 Å². The van der Waals surface area contributed by atoms with Gasteiger partial charge in [0, 0.05) is 16.7 Å². The van der Waals surface area contributed by atoms with E-state index in [0.29, 0.717) is 40.7 Å². The van der Waals surface area contributed by atoms with Gasteiger partial charge >= 0.3 is 20.2 Å². The van der Waals surface area contributed by atoms with E-state index >= 15 is 0 Å². The molecule has 10 aliphatic rings. The first-order chi connectivity index (χ1) is 23.3. The minimum atomic E-state index is -1.15. The molecule has 8 atom stereocenters. The van der Waals surface area contributed by atoms with Crippen molar-refractivity contribution < 1.29 is 32.9 Å². The van der Waals surface area contributed by atoms with E-state index in [1.165, 1.54) is 12.8 Å². The smallest absolute Gasteiger partial charge is 0.456 e. The molecule has 0 aromatic heterocycles. The average molecular weight is 656 g/mol. The van der Waals surface area contributed by atoms with Gasteiger partial charge in [-0.3, -0.25) is 0 Å². The fourth-order valence-electron chi connectivity index (χ4n) is 12.0. The normalized spacial score (nSPS) is 40.7. The summed E-state index contributed by atoms with van der Waals surface area (Å²) in [5.41, 5.74) is 3.46. The Labute approximate surface area is 288 Å². The molecule has 49 heavy (non-hydrogen) atoms. The predicted molar refractivity (Wildman–Crippen MR) is 184 cm³/mol. The van der Waals surface area contributed by atoms with Crippen molar-refractivity contribution in [2.75, 3.05) is 0 Å². The SMILES string of the molecule is CC1(C)[C@@H]2CC3OB(c4ccc5c(c4)Oc4cc(B6OC7C[C@@H]8C[C@@H](C8(C)C)[C@]7(C)O6)ccc4C54OC(=O)c5ccccc54)O[C@@]3(C)[C@H]1C2. The molecule has 1 spiro atoms. The van der Waals surface area contributed by atoms with Gasteiger partial charge in [-0.1, -0.05) is 70.2 Å². The summed E-state index contributed by atoms with van der Waals surface area (Å²) in [4.78, 5) is 13.5. The van der Waals surface area contributed by atoms with Gasteiger partial charge in [-0.05, 0) is 103 Å². The third kappa shape index (κ3) is 3.44. The van der Waals surface area contributed by atoms with Gasteiger partial charge in [0.15, 0.2) is 5.60 Å². The van der Waals surface area contributed by atoms with E-state index in [-0.39, 0.29) is 40.2 Å². The Morgan fingerprint density at radius 3 is 1.65 bits per heavy atom. The molecule has 4 bridgehead atoms. The second kappa shape index (κ2) is 9.03. The third-order valence-corrected chi connectivity index (χ3v) is 15.2. The quantitative estimate of drug-likeness (QED) is 0.243. The minimum Gasteiger partial charge on any atom is -0.456 e. The topological polar surface area (TPSA) is 72.5 Å². The molecule has 6 aliphatic carbocycles. The van der Waals surface area contributed by atoms with Gasteiger partial charge in [-0.25, -0.2) is 4.79 Å². The van der Waals surface area contributed by atoms with Crippen molar-refractivity contribution in [2.45, 2.75) is 96.2 Å². The van der Waals surface area contributed by atoms with E-state index in [1.54, 1.807) is 0 Å². The van der Waals surface area contributed by atoms with Gasteiger partial charge < -0.3 is 28.1 Å². The van der Waals surface area contributed by atoms with Crippen molar-refractivity contribution >= 4 is 31.1 Å². The van der Waals surface area contributed by atoms with E-state index in [2.05, 4.69) is 41.5 Å². The molecular formula is C40H42B2O7. The van der Waals surface area contributed by atoms with Crippen LogP contribution < -0.4 is 15.7 Å². The van der Waals surface area contributed by atoms with Crippen LogP contribution in [0.4, 0.5) is 0 Å². The number of esters is 1. The molecule has 8 fully saturated rings. The van der Waals surface area contributed by atoms with Crippen LogP contribution in [0, 0.1) is 34.5 Å².